The number of fused-ring (bicyclic) bond motifs is 1. The fourth-order valence-corrected chi connectivity index (χ4v) is 5.57. The van der Waals surface area contributed by atoms with Gasteiger partial charge in [0.2, 0.25) is 0 Å². The number of pyridine rings is 1. The van der Waals surface area contributed by atoms with Crippen LogP contribution in [0, 0.1) is 0 Å². The molecule has 0 spiro atoms. The third kappa shape index (κ3) is 7.67. The zero-order valence-electron chi connectivity index (χ0n) is 26.9. The number of aromatic nitrogens is 1. The van der Waals surface area contributed by atoms with E-state index in [0.717, 1.165) is 52.7 Å². The van der Waals surface area contributed by atoms with Crippen molar-refractivity contribution in [3.8, 4) is 17.2 Å². The van der Waals surface area contributed by atoms with Crippen LogP contribution < -0.4 is 14.4 Å². The summed E-state index contributed by atoms with van der Waals surface area (Å²) in [7, 11) is 0. The predicted molar refractivity (Wildman–Crippen MR) is 187 cm³/mol. The number of anilines is 1. The minimum absolute atomic E-state index is 0.0650. The summed E-state index contributed by atoms with van der Waals surface area (Å²) < 4.78 is 12.1. The van der Waals surface area contributed by atoms with Crippen molar-refractivity contribution in [3.63, 3.8) is 0 Å². The van der Waals surface area contributed by atoms with Crippen LogP contribution >= 0.6 is 0 Å². The maximum atomic E-state index is 14.1. The van der Waals surface area contributed by atoms with Gasteiger partial charge < -0.3 is 14.3 Å². The second kappa shape index (κ2) is 13.9. The van der Waals surface area contributed by atoms with Gasteiger partial charge in [0.05, 0.1) is 6.04 Å². The number of hydrogen-bond acceptors (Lipinski definition) is 5. The Morgan fingerprint density at radius 2 is 1.53 bits per heavy atom. The Labute approximate surface area is 276 Å². The van der Waals surface area contributed by atoms with E-state index in [1.807, 2.05) is 91.0 Å². The Morgan fingerprint density at radius 3 is 2.21 bits per heavy atom. The Kier molecular flexibility index (Phi) is 9.30. The molecule has 1 heterocycles. The van der Waals surface area contributed by atoms with Crippen molar-refractivity contribution in [1.29, 1.82) is 0 Å². The van der Waals surface area contributed by atoms with Crippen molar-refractivity contribution in [2.24, 2.45) is 0 Å². The Morgan fingerprint density at radius 1 is 0.830 bits per heavy atom. The summed E-state index contributed by atoms with van der Waals surface area (Å²) in [5, 5.41) is 1.68. The molecule has 0 radical (unpaired) electrons. The molecule has 0 saturated carbocycles. The van der Waals surface area contributed by atoms with Crippen LogP contribution in [-0.2, 0) is 16.6 Å². The molecular weight excluding hydrogens is 584 g/mol. The molecule has 1 atom stereocenters. The average Bonchev–Trinajstić information content (AvgIpc) is 3.09. The molecular formula is C41H38N2O4. The van der Waals surface area contributed by atoms with Crippen LogP contribution in [0.25, 0.3) is 10.8 Å². The lowest BCUT2D eigenvalue weighted by atomic mass is 9.87. The molecule has 0 saturated heterocycles. The molecule has 0 N–H and O–H groups in total. The van der Waals surface area contributed by atoms with Crippen LogP contribution in [0.2, 0.25) is 0 Å². The van der Waals surface area contributed by atoms with Crippen molar-refractivity contribution in [2.75, 3.05) is 4.90 Å². The van der Waals surface area contributed by atoms with Crippen LogP contribution in [0.1, 0.15) is 55.2 Å². The summed E-state index contributed by atoms with van der Waals surface area (Å²) in [4.78, 5) is 32.8. The second-order valence-electron chi connectivity index (χ2n) is 12.7. The van der Waals surface area contributed by atoms with Crippen LogP contribution in [0.5, 0.6) is 17.2 Å². The van der Waals surface area contributed by atoms with Crippen LogP contribution in [0.3, 0.4) is 0 Å². The van der Waals surface area contributed by atoms with E-state index in [2.05, 4.69) is 50.0 Å². The fraction of sp³-hybridized carbons (Fsp3) is 0.195. The average molecular weight is 623 g/mol. The van der Waals surface area contributed by atoms with Crippen LogP contribution in [0.4, 0.5) is 5.69 Å². The summed E-state index contributed by atoms with van der Waals surface area (Å²) in [6.45, 7) is 6.54. The number of aldehydes is 1. The monoisotopic (exact) mass is 622 g/mol. The number of amides is 1. The highest BCUT2D eigenvalue weighted by molar-refractivity contribution is 6.08. The van der Waals surface area contributed by atoms with Gasteiger partial charge in [0, 0.05) is 23.7 Å². The maximum Gasteiger partial charge on any atom is 0.277 e. The molecule has 6 rings (SSSR count). The van der Waals surface area contributed by atoms with Gasteiger partial charge in [0.1, 0.15) is 35.0 Å². The van der Waals surface area contributed by atoms with E-state index in [-0.39, 0.29) is 17.0 Å². The van der Waals surface area contributed by atoms with Gasteiger partial charge in [-0.3, -0.25) is 14.7 Å². The number of ether oxygens (including phenoxy) is 2. The molecule has 5 aromatic rings. The minimum Gasteiger partial charge on any atom is -0.458 e. The lowest BCUT2D eigenvalue weighted by molar-refractivity contribution is -0.108. The van der Waals surface area contributed by atoms with Crippen LogP contribution in [-0.4, -0.2) is 23.2 Å². The van der Waals surface area contributed by atoms with Gasteiger partial charge in [0.25, 0.3) is 5.91 Å². The van der Waals surface area contributed by atoms with Gasteiger partial charge in [-0.05, 0) is 102 Å². The van der Waals surface area contributed by atoms with Crippen molar-refractivity contribution in [2.45, 2.75) is 51.5 Å². The fourth-order valence-electron chi connectivity index (χ4n) is 5.57. The number of allylic oxidation sites excluding steroid dienone is 3. The number of carbonyl (C=O) groups is 2. The first kappa shape index (κ1) is 31.5. The summed E-state index contributed by atoms with van der Waals surface area (Å²) in [6, 6.07) is 31.7. The molecule has 1 aliphatic carbocycles. The van der Waals surface area contributed by atoms with Gasteiger partial charge in [-0.15, -0.1) is 0 Å². The molecule has 0 bridgehead atoms. The largest absolute Gasteiger partial charge is 0.458 e. The van der Waals surface area contributed by atoms with E-state index >= 15 is 0 Å². The van der Waals surface area contributed by atoms with E-state index in [0.29, 0.717) is 17.9 Å². The summed E-state index contributed by atoms with van der Waals surface area (Å²) >= 11 is 0. The van der Waals surface area contributed by atoms with Gasteiger partial charge in [-0.2, -0.15) is 0 Å². The zero-order valence-corrected chi connectivity index (χ0v) is 26.9. The highest BCUT2D eigenvalue weighted by atomic mass is 16.5. The van der Waals surface area contributed by atoms with Gasteiger partial charge in [0.15, 0.2) is 0 Å². The first-order valence-electron chi connectivity index (χ1n) is 15.9. The molecule has 1 amide bonds. The van der Waals surface area contributed by atoms with E-state index in [1.165, 1.54) is 10.5 Å². The molecule has 47 heavy (non-hydrogen) atoms. The summed E-state index contributed by atoms with van der Waals surface area (Å²) in [5.41, 5.74) is 3.07. The number of benzene rings is 4. The van der Waals surface area contributed by atoms with Crippen molar-refractivity contribution in [3.05, 3.63) is 150 Å². The highest BCUT2D eigenvalue weighted by Crippen LogP contribution is 2.30. The number of carbonyl (C=O) groups excluding carboxylic acids is 2. The first-order chi connectivity index (χ1) is 22.8. The standard InChI is InChI=1S/C41H38N2O4/c1-41(2,3)32-17-22-37(23-18-32)47-38-21-16-30-26-39(42-27-31(30)25-38)40(45)43(33-10-6-4-7-11-33)34(28-44)24-29-14-19-36(20-15-29)46-35-12-8-5-9-13-35/h4,6-8,10-23,25-28,34H,5,9,24H2,1-3H3/t34-/m0/s1. The Balaban J connectivity index is 1.21. The zero-order chi connectivity index (χ0) is 32.8. The number of para-hydroxylation sites is 1. The van der Waals surface area contributed by atoms with Crippen molar-refractivity contribution in [1.82, 2.24) is 4.98 Å². The SMILES string of the molecule is CC(C)(C)c1ccc(Oc2ccc3cc(C(=O)N(c4ccccc4)[C@H](C=O)Cc4ccc(OC5=CCCC=C5)cc4)ncc3c2)cc1. The van der Waals surface area contributed by atoms with Gasteiger partial charge in [-0.25, -0.2) is 0 Å². The molecule has 6 nitrogen and oxygen atoms in total. The smallest absolute Gasteiger partial charge is 0.277 e. The van der Waals surface area contributed by atoms with Gasteiger partial charge >= 0.3 is 0 Å². The van der Waals surface area contributed by atoms with E-state index in [4.69, 9.17) is 9.47 Å². The first-order valence-corrected chi connectivity index (χ1v) is 15.9. The van der Waals surface area contributed by atoms with Crippen molar-refractivity contribution < 1.29 is 19.1 Å². The molecule has 1 aliphatic rings. The lowest BCUT2D eigenvalue weighted by Crippen LogP contribution is -2.43. The third-order valence-corrected chi connectivity index (χ3v) is 8.18. The number of rotatable bonds is 10. The highest BCUT2D eigenvalue weighted by Gasteiger charge is 2.28. The van der Waals surface area contributed by atoms with E-state index < -0.39 is 6.04 Å². The normalized spacial score (nSPS) is 13.5. The van der Waals surface area contributed by atoms with E-state index in [1.54, 1.807) is 12.3 Å². The van der Waals surface area contributed by atoms with E-state index in [9.17, 15) is 9.59 Å². The Bertz CT molecular complexity index is 1920. The lowest BCUT2D eigenvalue weighted by Gasteiger charge is -2.28. The van der Waals surface area contributed by atoms with Crippen LogP contribution in [0.15, 0.2) is 133 Å². The molecule has 6 heteroatoms. The molecule has 0 fully saturated rings. The summed E-state index contributed by atoms with van der Waals surface area (Å²) in [6.07, 6.45) is 11.0. The number of nitrogens with zero attached hydrogens (tertiary/aromatic N) is 2. The molecule has 236 valence electrons. The predicted octanol–water partition coefficient (Wildman–Crippen LogP) is 9.39. The number of hydrogen-bond donors (Lipinski definition) is 0. The maximum absolute atomic E-state index is 14.1. The second-order valence-corrected chi connectivity index (χ2v) is 12.7. The Hall–Kier alpha value is -5.49. The summed E-state index contributed by atoms with van der Waals surface area (Å²) in [5.74, 6) is 2.62. The quantitative estimate of drug-likeness (QED) is 0.145. The molecule has 4 aromatic carbocycles. The molecule has 0 unspecified atom stereocenters. The van der Waals surface area contributed by atoms with Gasteiger partial charge in [-0.1, -0.05) is 75.4 Å². The van der Waals surface area contributed by atoms with Crippen molar-refractivity contribution >= 4 is 28.7 Å². The molecule has 0 aliphatic heterocycles. The minimum atomic E-state index is -0.751. The molecule has 1 aromatic heterocycles. The topological polar surface area (TPSA) is 68.7 Å². The third-order valence-electron chi connectivity index (χ3n) is 8.18.